The summed E-state index contributed by atoms with van der Waals surface area (Å²) in [7, 11) is 0. The van der Waals surface area contributed by atoms with Gasteiger partial charge in [0.2, 0.25) is 0 Å². The summed E-state index contributed by atoms with van der Waals surface area (Å²) in [5.41, 5.74) is 11.9. The second kappa shape index (κ2) is 4.22. The molecule has 0 aliphatic carbocycles. The summed E-state index contributed by atoms with van der Waals surface area (Å²) in [6, 6.07) is 14.5. The Kier molecular flexibility index (Phi) is 2.56. The van der Waals surface area contributed by atoms with Crippen molar-refractivity contribution in [2.24, 2.45) is 0 Å². The number of H-pyrrole nitrogens is 1. The average Bonchev–Trinajstić information content (AvgIpc) is 2.76. The Morgan fingerprint density at radius 3 is 2.61 bits per heavy atom. The van der Waals surface area contributed by atoms with Crippen LogP contribution in [0.1, 0.15) is 16.7 Å². The van der Waals surface area contributed by atoms with E-state index in [9.17, 15) is 0 Å². The molecule has 2 aromatic carbocycles. The van der Waals surface area contributed by atoms with Crippen LogP contribution >= 0.6 is 0 Å². The van der Waals surface area contributed by atoms with Crippen molar-refractivity contribution in [1.29, 1.82) is 0 Å². The average molecular weight is 236 g/mol. The highest BCUT2D eigenvalue weighted by Gasteiger charge is 2.09. The molecule has 90 valence electrons. The maximum absolute atomic E-state index is 6.12. The number of nitrogens with two attached hydrogens (primary N) is 1. The Labute approximate surface area is 106 Å². The molecule has 0 fully saturated rings. The molecule has 18 heavy (non-hydrogen) atoms. The van der Waals surface area contributed by atoms with Gasteiger partial charge in [-0.05, 0) is 24.1 Å². The standard InChI is InChI=1S/C16H16N2/c1-11-10-18-16-13(11)7-8-15(17)14(16)9-12-5-3-2-4-6-12/h2-8,10,18H,9,17H2,1H3. The first-order valence-corrected chi connectivity index (χ1v) is 6.14. The molecule has 0 atom stereocenters. The van der Waals surface area contributed by atoms with Crippen molar-refractivity contribution in [3.63, 3.8) is 0 Å². The lowest BCUT2D eigenvalue weighted by atomic mass is 10.0. The molecule has 0 amide bonds. The van der Waals surface area contributed by atoms with Gasteiger partial charge >= 0.3 is 0 Å². The van der Waals surface area contributed by atoms with Crippen LogP contribution in [-0.2, 0) is 6.42 Å². The van der Waals surface area contributed by atoms with E-state index >= 15 is 0 Å². The highest BCUT2D eigenvalue weighted by atomic mass is 14.7. The monoisotopic (exact) mass is 236 g/mol. The number of anilines is 1. The summed E-state index contributed by atoms with van der Waals surface area (Å²) in [6.45, 7) is 2.11. The molecule has 0 aliphatic rings. The third-order valence-electron chi connectivity index (χ3n) is 3.43. The van der Waals surface area contributed by atoms with Gasteiger partial charge in [-0.25, -0.2) is 0 Å². The number of rotatable bonds is 2. The van der Waals surface area contributed by atoms with Gasteiger partial charge in [-0.15, -0.1) is 0 Å². The number of aromatic nitrogens is 1. The molecular weight excluding hydrogens is 220 g/mol. The summed E-state index contributed by atoms with van der Waals surface area (Å²) in [5.74, 6) is 0. The van der Waals surface area contributed by atoms with Crippen molar-refractivity contribution in [1.82, 2.24) is 4.98 Å². The van der Waals surface area contributed by atoms with Crippen LogP contribution in [0.15, 0.2) is 48.7 Å². The lowest BCUT2D eigenvalue weighted by molar-refractivity contribution is 1.20. The first-order valence-electron chi connectivity index (χ1n) is 6.14. The second-order valence-corrected chi connectivity index (χ2v) is 4.69. The molecule has 0 aliphatic heterocycles. The Balaban J connectivity index is 2.13. The quantitative estimate of drug-likeness (QED) is 0.655. The first kappa shape index (κ1) is 10.9. The zero-order chi connectivity index (χ0) is 12.5. The number of aromatic amines is 1. The van der Waals surface area contributed by atoms with Gasteiger partial charge in [0.15, 0.2) is 0 Å². The van der Waals surface area contributed by atoms with Gasteiger partial charge in [-0.1, -0.05) is 36.4 Å². The molecule has 1 heterocycles. The fourth-order valence-corrected chi connectivity index (χ4v) is 2.41. The second-order valence-electron chi connectivity index (χ2n) is 4.69. The third-order valence-corrected chi connectivity index (χ3v) is 3.43. The van der Waals surface area contributed by atoms with Gasteiger partial charge in [0.1, 0.15) is 0 Å². The van der Waals surface area contributed by atoms with Crippen molar-refractivity contribution in [2.45, 2.75) is 13.3 Å². The number of nitrogen functional groups attached to an aromatic ring is 1. The summed E-state index contributed by atoms with van der Waals surface area (Å²) in [4.78, 5) is 3.34. The lowest BCUT2D eigenvalue weighted by Crippen LogP contribution is -1.97. The Morgan fingerprint density at radius 2 is 1.83 bits per heavy atom. The van der Waals surface area contributed by atoms with Crippen molar-refractivity contribution >= 4 is 16.6 Å². The van der Waals surface area contributed by atoms with Gasteiger partial charge in [0.05, 0.1) is 5.52 Å². The Hall–Kier alpha value is -2.22. The molecule has 0 spiro atoms. The largest absolute Gasteiger partial charge is 0.398 e. The van der Waals surface area contributed by atoms with Crippen LogP contribution in [0.4, 0.5) is 5.69 Å². The molecular formula is C16H16N2. The summed E-state index contributed by atoms with van der Waals surface area (Å²) >= 11 is 0. The minimum absolute atomic E-state index is 0.855. The number of nitrogens with one attached hydrogen (secondary N) is 1. The van der Waals surface area contributed by atoms with E-state index in [-0.39, 0.29) is 0 Å². The smallest absolute Gasteiger partial charge is 0.0513 e. The topological polar surface area (TPSA) is 41.8 Å². The van der Waals surface area contributed by atoms with Crippen molar-refractivity contribution in [3.05, 3.63) is 65.4 Å². The van der Waals surface area contributed by atoms with Gasteiger partial charge in [0, 0.05) is 29.3 Å². The van der Waals surface area contributed by atoms with Crippen LogP contribution in [0.3, 0.4) is 0 Å². The minimum Gasteiger partial charge on any atom is -0.398 e. The molecule has 2 heteroatoms. The first-order chi connectivity index (χ1) is 8.75. The number of fused-ring (bicyclic) bond motifs is 1. The molecule has 0 radical (unpaired) electrons. The Bertz CT molecular complexity index is 681. The van der Waals surface area contributed by atoms with Crippen molar-refractivity contribution in [3.8, 4) is 0 Å². The van der Waals surface area contributed by atoms with E-state index in [0.717, 1.165) is 17.6 Å². The molecule has 3 rings (SSSR count). The molecule has 0 unspecified atom stereocenters. The fourth-order valence-electron chi connectivity index (χ4n) is 2.41. The highest BCUT2D eigenvalue weighted by Crippen LogP contribution is 2.27. The maximum Gasteiger partial charge on any atom is 0.0513 e. The predicted octanol–water partition coefficient (Wildman–Crippen LogP) is 3.65. The van der Waals surface area contributed by atoms with Gasteiger partial charge in [-0.2, -0.15) is 0 Å². The number of benzene rings is 2. The molecule has 0 bridgehead atoms. The maximum atomic E-state index is 6.12. The third kappa shape index (κ3) is 1.76. The highest BCUT2D eigenvalue weighted by molar-refractivity contribution is 5.89. The van der Waals surface area contributed by atoms with Crippen LogP contribution in [0, 0.1) is 6.92 Å². The molecule has 3 aromatic rings. The summed E-state index contributed by atoms with van der Waals surface area (Å²) < 4.78 is 0. The normalized spacial score (nSPS) is 10.9. The van der Waals surface area contributed by atoms with Crippen molar-refractivity contribution in [2.75, 3.05) is 5.73 Å². The number of hydrogen-bond acceptors (Lipinski definition) is 1. The molecule has 2 nitrogen and oxygen atoms in total. The fraction of sp³-hybridized carbons (Fsp3) is 0.125. The van der Waals surface area contributed by atoms with Gasteiger partial charge in [0.25, 0.3) is 0 Å². The Morgan fingerprint density at radius 1 is 1.06 bits per heavy atom. The zero-order valence-electron chi connectivity index (χ0n) is 10.4. The van der Waals surface area contributed by atoms with Crippen LogP contribution in [-0.4, -0.2) is 4.98 Å². The van der Waals surface area contributed by atoms with Crippen LogP contribution in [0.5, 0.6) is 0 Å². The molecule has 1 aromatic heterocycles. The van der Waals surface area contributed by atoms with E-state index in [4.69, 9.17) is 5.73 Å². The van der Waals surface area contributed by atoms with E-state index in [1.807, 2.05) is 18.3 Å². The van der Waals surface area contributed by atoms with Gasteiger partial charge < -0.3 is 10.7 Å². The molecule has 0 saturated carbocycles. The van der Waals surface area contributed by atoms with E-state index in [1.165, 1.54) is 22.1 Å². The van der Waals surface area contributed by atoms with Crippen LogP contribution < -0.4 is 5.73 Å². The number of hydrogen-bond donors (Lipinski definition) is 2. The van der Waals surface area contributed by atoms with Crippen LogP contribution in [0.2, 0.25) is 0 Å². The molecule has 0 saturated heterocycles. The molecule has 3 N–H and O–H groups in total. The van der Waals surface area contributed by atoms with Crippen LogP contribution in [0.25, 0.3) is 10.9 Å². The van der Waals surface area contributed by atoms with E-state index in [2.05, 4.69) is 42.2 Å². The summed E-state index contributed by atoms with van der Waals surface area (Å²) in [5, 5.41) is 1.26. The lowest BCUT2D eigenvalue weighted by Gasteiger charge is -2.08. The van der Waals surface area contributed by atoms with E-state index in [1.54, 1.807) is 0 Å². The predicted molar refractivity (Wildman–Crippen MR) is 76.7 cm³/mol. The summed E-state index contributed by atoms with van der Waals surface area (Å²) in [6.07, 6.45) is 2.91. The SMILES string of the molecule is Cc1c[nH]c2c(Cc3ccccc3)c(N)ccc12. The van der Waals surface area contributed by atoms with Gasteiger partial charge in [-0.3, -0.25) is 0 Å². The minimum atomic E-state index is 0.855. The number of aryl methyl sites for hydroxylation is 1. The zero-order valence-corrected chi connectivity index (χ0v) is 10.4. The van der Waals surface area contributed by atoms with E-state index in [0.29, 0.717) is 0 Å². The van der Waals surface area contributed by atoms with Crippen molar-refractivity contribution < 1.29 is 0 Å². The van der Waals surface area contributed by atoms with E-state index < -0.39 is 0 Å².